The van der Waals surface area contributed by atoms with Crippen molar-refractivity contribution in [2.75, 3.05) is 18.1 Å². The Morgan fingerprint density at radius 2 is 1.58 bits per heavy atom. The molecule has 0 fully saturated rings. The van der Waals surface area contributed by atoms with Gasteiger partial charge in [-0.25, -0.2) is 9.97 Å². The number of aliphatic carboxylic acids is 2. The molecule has 0 spiro atoms. The molecular formula is C31H38N6O12S. The second-order valence-corrected chi connectivity index (χ2v) is 11.9. The van der Waals surface area contributed by atoms with Crippen LogP contribution < -0.4 is 16.6 Å². The summed E-state index contributed by atoms with van der Waals surface area (Å²) in [6.07, 6.45) is -5.91. The molecule has 3 rings (SSSR count). The predicted molar refractivity (Wildman–Crippen MR) is 177 cm³/mol. The van der Waals surface area contributed by atoms with Gasteiger partial charge in [-0.2, -0.15) is 17.6 Å². The summed E-state index contributed by atoms with van der Waals surface area (Å²) in [5.41, 5.74) is 6.71. The minimum Gasteiger partial charge on any atom is -0.481 e. The number of nitrogens with one attached hydrogen (secondary N) is 2. The number of aliphatic hydroxyl groups excluding tert-OH is 4. The number of thiol groups is 1. The van der Waals surface area contributed by atoms with Crippen LogP contribution in [-0.2, 0) is 32.0 Å². The van der Waals surface area contributed by atoms with E-state index >= 15 is 0 Å². The molecule has 3 aromatic rings. The Balaban J connectivity index is 1.61. The summed E-state index contributed by atoms with van der Waals surface area (Å²) in [6, 6.07) is 4.47. The maximum atomic E-state index is 13.0. The number of benzene rings is 1. The van der Waals surface area contributed by atoms with Crippen LogP contribution in [0.15, 0.2) is 35.3 Å². The smallest absolute Gasteiger partial charge is 0.307 e. The highest BCUT2D eigenvalue weighted by atomic mass is 32.1. The van der Waals surface area contributed by atoms with Gasteiger partial charge in [0, 0.05) is 30.6 Å². The number of hydrogen-bond donors (Lipinski definition) is 10. The standard InChI is InChI=1S/C31H38N6O12S/c32-31-36-27-24(28(45)37-31)34-18(11-33-27)7-3-14-1-4-15(5-2-14)19(39)9-16(29(46)47)6-8-22(42)35-23(26(44)25(43)21(41)12-38)20(40)10-17(13-50)30(48)49/h1-2,4-5,11,16-17,21,23,25-26,38,41,43-44,50H,3,6-10,12-13H2,(H,35,42)(H,46,47)(H,48,49)(H3,32,33,36,37,45)/t16-,17+,21-,23-,25-,26-/m1/s1. The van der Waals surface area contributed by atoms with Crippen molar-refractivity contribution in [3.63, 3.8) is 0 Å². The van der Waals surface area contributed by atoms with Gasteiger partial charge in [-0.15, -0.1) is 0 Å². The van der Waals surface area contributed by atoms with Crippen LogP contribution in [0.1, 0.15) is 47.3 Å². The van der Waals surface area contributed by atoms with E-state index in [9.17, 15) is 54.3 Å². The van der Waals surface area contributed by atoms with E-state index in [0.29, 0.717) is 18.5 Å². The van der Waals surface area contributed by atoms with Crippen LogP contribution in [0.4, 0.5) is 5.95 Å². The summed E-state index contributed by atoms with van der Waals surface area (Å²) < 4.78 is 0. The summed E-state index contributed by atoms with van der Waals surface area (Å²) >= 11 is 3.87. The molecule has 0 aliphatic carbocycles. The molecule has 1 aromatic carbocycles. The van der Waals surface area contributed by atoms with Gasteiger partial charge >= 0.3 is 11.9 Å². The van der Waals surface area contributed by atoms with Gasteiger partial charge in [-0.3, -0.25) is 33.8 Å². The van der Waals surface area contributed by atoms with Gasteiger partial charge in [0.2, 0.25) is 11.9 Å². The largest absolute Gasteiger partial charge is 0.481 e. The Bertz CT molecular complexity index is 1750. The SMILES string of the molecule is Nc1nc2ncc(CCc3ccc(C(=O)C[C@@H](CCC(=O)N[C@H](C(=O)C[C@@H](CS)C(=O)O)[C@@H](O)[C@H](O)[C@H](O)CO)C(=O)O)cc3)nc2c(=O)[nH]1. The van der Waals surface area contributed by atoms with Crippen molar-refractivity contribution in [3.8, 4) is 0 Å². The fourth-order valence-corrected chi connectivity index (χ4v) is 5.20. The number of anilines is 1. The van der Waals surface area contributed by atoms with Crippen LogP contribution in [0.25, 0.3) is 11.2 Å². The highest BCUT2D eigenvalue weighted by Gasteiger charge is 2.38. The van der Waals surface area contributed by atoms with E-state index in [1.54, 1.807) is 12.1 Å². The normalized spacial score (nSPS) is 15.0. The topological polar surface area (TPSA) is 316 Å². The number of nitrogen functional groups attached to an aromatic ring is 1. The van der Waals surface area contributed by atoms with E-state index in [1.807, 2.05) is 0 Å². The molecule has 0 saturated heterocycles. The third-order valence-corrected chi connectivity index (χ3v) is 8.33. The van der Waals surface area contributed by atoms with Crippen molar-refractivity contribution in [2.24, 2.45) is 11.8 Å². The molecule has 0 aliphatic heterocycles. The molecule has 0 bridgehead atoms. The first-order chi connectivity index (χ1) is 23.6. The maximum absolute atomic E-state index is 13.0. The molecule has 2 aromatic heterocycles. The monoisotopic (exact) mass is 718 g/mol. The number of nitrogens with two attached hydrogens (primary N) is 1. The van der Waals surface area contributed by atoms with Crippen LogP contribution in [0.5, 0.6) is 0 Å². The number of ketones is 2. The summed E-state index contributed by atoms with van der Waals surface area (Å²) in [5.74, 6) is -8.24. The van der Waals surface area contributed by atoms with Crippen molar-refractivity contribution in [1.82, 2.24) is 25.3 Å². The Morgan fingerprint density at radius 3 is 2.18 bits per heavy atom. The number of Topliss-reactive ketones (excluding diaryl/α,β-unsaturated/α-hetero) is 2. The molecule has 0 aliphatic rings. The van der Waals surface area contributed by atoms with E-state index < -0.39 is 97.0 Å². The van der Waals surface area contributed by atoms with E-state index in [-0.39, 0.29) is 34.8 Å². The van der Waals surface area contributed by atoms with Gasteiger partial charge in [-0.1, -0.05) is 24.3 Å². The quantitative estimate of drug-likeness (QED) is 0.0459. The van der Waals surface area contributed by atoms with Gasteiger partial charge in [0.05, 0.1) is 30.3 Å². The second-order valence-electron chi connectivity index (χ2n) is 11.5. The van der Waals surface area contributed by atoms with Crippen LogP contribution in [0.2, 0.25) is 0 Å². The first-order valence-electron chi connectivity index (χ1n) is 15.3. The number of H-pyrrole nitrogens is 1. The predicted octanol–water partition coefficient (Wildman–Crippen LogP) is -1.72. The molecule has 19 heteroatoms. The summed E-state index contributed by atoms with van der Waals surface area (Å²) in [5, 5.41) is 60.6. The first-order valence-corrected chi connectivity index (χ1v) is 16.0. The highest BCUT2D eigenvalue weighted by molar-refractivity contribution is 7.80. The number of carboxylic acid groups (broad SMARTS) is 2. The minimum atomic E-state index is -2.16. The summed E-state index contributed by atoms with van der Waals surface area (Å²) in [6.45, 7) is -1.00. The molecule has 50 heavy (non-hydrogen) atoms. The molecule has 0 unspecified atom stereocenters. The van der Waals surface area contributed by atoms with E-state index in [4.69, 9.17) is 10.8 Å². The fourth-order valence-electron chi connectivity index (χ4n) is 4.92. The van der Waals surface area contributed by atoms with Gasteiger partial charge in [0.1, 0.15) is 24.4 Å². The Morgan fingerprint density at radius 1 is 0.920 bits per heavy atom. The van der Waals surface area contributed by atoms with Crippen molar-refractivity contribution in [3.05, 3.63) is 57.6 Å². The number of rotatable bonds is 20. The molecule has 1 amide bonds. The number of aliphatic hydroxyl groups is 4. The number of aromatic nitrogens is 4. The third-order valence-electron chi connectivity index (χ3n) is 7.89. The van der Waals surface area contributed by atoms with Gasteiger partial charge in [0.25, 0.3) is 5.56 Å². The summed E-state index contributed by atoms with van der Waals surface area (Å²) in [4.78, 5) is 88.7. The Hall–Kier alpha value is -4.82. The first kappa shape index (κ1) is 39.6. The van der Waals surface area contributed by atoms with Crippen molar-refractivity contribution in [2.45, 2.75) is 62.9 Å². The molecule has 0 radical (unpaired) electrons. The van der Waals surface area contributed by atoms with Crippen LogP contribution in [-0.4, -0.2) is 117 Å². The molecule has 270 valence electrons. The minimum absolute atomic E-state index is 0.0452. The van der Waals surface area contributed by atoms with Crippen LogP contribution in [0, 0.1) is 11.8 Å². The lowest BCUT2D eigenvalue weighted by Gasteiger charge is -2.29. The van der Waals surface area contributed by atoms with E-state index in [2.05, 4.69) is 37.9 Å². The zero-order valence-corrected chi connectivity index (χ0v) is 27.4. The molecule has 10 N–H and O–H groups in total. The average molecular weight is 719 g/mol. The maximum Gasteiger partial charge on any atom is 0.307 e. The zero-order valence-electron chi connectivity index (χ0n) is 26.5. The molecule has 6 atom stereocenters. The molecule has 0 saturated carbocycles. The van der Waals surface area contributed by atoms with E-state index in [0.717, 1.165) is 5.56 Å². The lowest BCUT2D eigenvalue weighted by molar-refractivity contribution is -0.145. The number of carboxylic acids is 2. The zero-order chi connectivity index (χ0) is 37.1. The van der Waals surface area contributed by atoms with Crippen LogP contribution in [0.3, 0.4) is 0 Å². The Labute approximate surface area is 289 Å². The van der Waals surface area contributed by atoms with Crippen molar-refractivity contribution < 1.29 is 54.6 Å². The number of aromatic amines is 1. The molecular weight excluding hydrogens is 680 g/mol. The number of amides is 1. The molecule has 2 heterocycles. The average Bonchev–Trinajstić information content (AvgIpc) is 3.09. The van der Waals surface area contributed by atoms with Crippen molar-refractivity contribution in [1.29, 1.82) is 0 Å². The van der Waals surface area contributed by atoms with Crippen LogP contribution >= 0.6 is 12.6 Å². The number of carbonyl (C=O) groups is 5. The third kappa shape index (κ3) is 10.8. The highest BCUT2D eigenvalue weighted by Crippen LogP contribution is 2.19. The fraction of sp³-hybridized carbons (Fsp3) is 0.452. The lowest BCUT2D eigenvalue weighted by Crippen LogP contribution is -2.56. The number of fused-ring (bicyclic) bond motifs is 1. The lowest BCUT2D eigenvalue weighted by atomic mass is 9.91. The number of hydrogen-bond acceptors (Lipinski definition) is 15. The van der Waals surface area contributed by atoms with Gasteiger partial charge < -0.3 is 41.7 Å². The molecule has 18 nitrogen and oxygen atoms in total. The Kier molecular flexibility index (Phi) is 14.5. The van der Waals surface area contributed by atoms with Crippen molar-refractivity contribution >= 4 is 59.2 Å². The van der Waals surface area contributed by atoms with Gasteiger partial charge in [-0.05, 0) is 24.8 Å². The van der Waals surface area contributed by atoms with Gasteiger partial charge in [0.15, 0.2) is 22.7 Å². The summed E-state index contributed by atoms with van der Waals surface area (Å²) in [7, 11) is 0. The number of carbonyl (C=O) groups excluding carboxylic acids is 3. The number of nitrogens with zero attached hydrogens (tertiary/aromatic N) is 3. The van der Waals surface area contributed by atoms with E-state index in [1.165, 1.54) is 18.3 Å². The number of aryl methyl sites for hydroxylation is 2. The second kappa shape index (κ2) is 18.3.